The molecule has 0 aliphatic carbocycles. The van der Waals surface area contributed by atoms with Gasteiger partial charge in [0, 0.05) is 30.7 Å². The monoisotopic (exact) mass is 279 g/mol. The number of rotatable bonds is 3. The van der Waals surface area contributed by atoms with Crippen molar-refractivity contribution in [3.8, 4) is 0 Å². The molecule has 0 spiro atoms. The molecule has 1 atom stereocenters. The van der Waals surface area contributed by atoms with Crippen molar-refractivity contribution >= 4 is 0 Å². The van der Waals surface area contributed by atoms with Crippen LogP contribution in [0.5, 0.6) is 0 Å². The third-order valence-electron chi connectivity index (χ3n) is 4.12. The second-order valence-electron chi connectivity index (χ2n) is 6.72. The van der Waals surface area contributed by atoms with Gasteiger partial charge >= 0.3 is 0 Å². The maximum absolute atomic E-state index is 12.9. The van der Waals surface area contributed by atoms with Crippen LogP contribution in [0.15, 0.2) is 18.3 Å². The Morgan fingerprint density at radius 2 is 1.95 bits per heavy atom. The number of hydrogen-bond donors (Lipinski definition) is 1. The summed E-state index contributed by atoms with van der Waals surface area (Å²) < 4.78 is 12.9. The summed E-state index contributed by atoms with van der Waals surface area (Å²) in [4.78, 5) is 6.68. The molecule has 1 aromatic heterocycles. The lowest BCUT2D eigenvalue weighted by atomic mass is 9.97. The number of halogens is 1. The molecule has 0 bridgehead atoms. The van der Waals surface area contributed by atoms with E-state index in [1.165, 1.54) is 12.3 Å². The van der Waals surface area contributed by atoms with E-state index in [9.17, 15) is 4.39 Å². The van der Waals surface area contributed by atoms with Crippen molar-refractivity contribution in [2.45, 2.75) is 58.2 Å². The molecule has 0 aromatic carbocycles. The van der Waals surface area contributed by atoms with Crippen LogP contribution in [0.2, 0.25) is 0 Å². The molecule has 0 amide bonds. The first-order chi connectivity index (χ1) is 9.36. The molecule has 1 unspecified atom stereocenters. The summed E-state index contributed by atoms with van der Waals surface area (Å²) in [6.45, 7) is 11.2. The number of hydrogen-bond acceptors (Lipinski definition) is 3. The Bertz CT molecular complexity index is 416. The van der Waals surface area contributed by atoms with Gasteiger partial charge < -0.3 is 5.32 Å². The fraction of sp³-hybridized carbons (Fsp3) is 0.688. The second-order valence-corrected chi connectivity index (χ2v) is 6.72. The standard InChI is InChI=1S/C16H26FN3/c1-12(15-6-5-13(17)11-18-15)19-14-7-9-20(10-8-14)16(2,3)4/h5-6,11-12,14,19H,7-10H2,1-4H3. The predicted molar refractivity (Wildman–Crippen MR) is 80.1 cm³/mol. The summed E-state index contributed by atoms with van der Waals surface area (Å²) in [5.41, 5.74) is 1.17. The van der Waals surface area contributed by atoms with E-state index in [0.29, 0.717) is 6.04 Å². The van der Waals surface area contributed by atoms with E-state index in [0.717, 1.165) is 31.6 Å². The zero-order chi connectivity index (χ0) is 14.8. The van der Waals surface area contributed by atoms with E-state index in [4.69, 9.17) is 0 Å². The second kappa shape index (κ2) is 6.19. The minimum absolute atomic E-state index is 0.168. The lowest BCUT2D eigenvalue weighted by Crippen LogP contribution is -2.50. The third kappa shape index (κ3) is 4.00. The van der Waals surface area contributed by atoms with E-state index in [2.05, 4.69) is 42.9 Å². The molecular weight excluding hydrogens is 253 g/mol. The highest BCUT2D eigenvalue weighted by Crippen LogP contribution is 2.21. The normalized spacial score (nSPS) is 20.1. The average Bonchev–Trinajstić information content (AvgIpc) is 2.39. The largest absolute Gasteiger partial charge is 0.306 e. The maximum Gasteiger partial charge on any atom is 0.141 e. The molecule has 1 fully saturated rings. The molecule has 0 saturated carbocycles. The van der Waals surface area contributed by atoms with E-state index in [-0.39, 0.29) is 17.4 Å². The van der Waals surface area contributed by atoms with Crippen LogP contribution >= 0.6 is 0 Å². The molecule has 0 radical (unpaired) electrons. The van der Waals surface area contributed by atoms with Gasteiger partial charge in [0.2, 0.25) is 0 Å². The van der Waals surface area contributed by atoms with Crippen molar-refractivity contribution in [3.05, 3.63) is 29.8 Å². The van der Waals surface area contributed by atoms with Gasteiger partial charge in [0.05, 0.1) is 11.9 Å². The molecule has 1 aliphatic heterocycles. The molecule has 3 nitrogen and oxygen atoms in total. The molecule has 20 heavy (non-hydrogen) atoms. The lowest BCUT2D eigenvalue weighted by Gasteiger charge is -2.41. The van der Waals surface area contributed by atoms with Gasteiger partial charge in [-0.1, -0.05) is 0 Å². The van der Waals surface area contributed by atoms with Crippen LogP contribution in [0.1, 0.15) is 52.3 Å². The molecular formula is C16H26FN3. The third-order valence-corrected chi connectivity index (χ3v) is 4.12. The SMILES string of the molecule is CC(NC1CCN(C(C)(C)C)CC1)c1ccc(F)cn1. The van der Waals surface area contributed by atoms with E-state index < -0.39 is 0 Å². The van der Waals surface area contributed by atoms with Crippen LogP contribution < -0.4 is 5.32 Å². The van der Waals surface area contributed by atoms with Gasteiger partial charge in [-0.15, -0.1) is 0 Å². The van der Waals surface area contributed by atoms with E-state index in [1.807, 2.05) is 0 Å². The van der Waals surface area contributed by atoms with Gasteiger partial charge in [0.1, 0.15) is 5.82 Å². The predicted octanol–water partition coefficient (Wildman–Crippen LogP) is 3.13. The van der Waals surface area contributed by atoms with Crippen molar-refractivity contribution in [2.75, 3.05) is 13.1 Å². The number of likely N-dealkylation sites (tertiary alicyclic amines) is 1. The number of aromatic nitrogens is 1. The van der Waals surface area contributed by atoms with Crippen molar-refractivity contribution in [3.63, 3.8) is 0 Å². The van der Waals surface area contributed by atoms with Gasteiger partial charge in [-0.3, -0.25) is 9.88 Å². The molecule has 2 rings (SSSR count). The summed E-state index contributed by atoms with van der Waals surface area (Å²) in [6.07, 6.45) is 3.60. The molecule has 1 saturated heterocycles. The fourth-order valence-electron chi connectivity index (χ4n) is 2.80. The summed E-state index contributed by atoms with van der Waals surface area (Å²) in [7, 11) is 0. The Labute approximate surface area is 121 Å². The zero-order valence-corrected chi connectivity index (χ0v) is 13.0. The smallest absolute Gasteiger partial charge is 0.141 e. The zero-order valence-electron chi connectivity index (χ0n) is 13.0. The first-order valence-electron chi connectivity index (χ1n) is 7.49. The Morgan fingerprint density at radius 1 is 1.30 bits per heavy atom. The Kier molecular flexibility index (Phi) is 4.76. The minimum atomic E-state index is -0.278. The first-order valence-corrected chi connectivity index (χ1v) is 7.49. The number of piperidine rings is 1. The van der Waals surface area contributed by atoms with Crippen molar-refractivity contribution in [1.82, 2.24) is 15.2 Å². The van der Waals surface area contributed by atoms with Crippen LogP contribution in [0, 0.1) is 5.82 Å². The molecule has 112 valence electrons. The van der Waals surface area contributed by atoms with Crippen LogP contribution in [0.4, 0.5) is 4.39 Å². The summed E-state index contributed by atoms with van der Waals surface area (Å²) in [6, 6.07) is 3.93. The highest BCUT2D eigenvalue weighted by molar-refractivity contribution is 5.09. The Balaban J connectivity index is 1.85. The maximum atomic E-state index is 12.9. The topological polar surface area (TPSA) is 28.2 Å². The van der Waals surface area contributed by atoms with Gasteiger partial charge in [0.25, 0.3) is 0 Å². The summed E-state index contributed by atoms with van der Waals surface area (Å²) >= 11 is 0. The van der Waals surface area contributed by atoms with Gasteiger partial charge in [-0.05, 0) is 52.7 Å². The summed E-state index contributed by atoms with van der Waals surface area (Å²) in [5, 5.41) is 3.61. The molecule has 1 aromatic rings. The lowest BCUT2D eigenvalue weighted by molar-refractivity contribution is 0.0941. The number of pyridine rings is 1. The van der Waals surface area contributed by atoms with Gasteiger partial charge in [0.15, 0.2) is 0 Å². The van der Waals surface area contributed by atoms with E-state index in [1.54, 1.807) is 6.07 Å². The van der Waals surface area contributed by atoms with Crippen LogP contribution in [0.3, 0.4) is 0 Å². The van der Waals surface area contributed by atoms with Crippen molar-refractivity contribution < 1.29 is 4.39 Å². The van der Waals surface area contributed by atoms with Crippen molar-refractivity contribution in [2.24, 2.45) is 0 Å². The van der Waals surface area contributed by atoms with Crippen LogP contribution in [-0.2, 0) is 0 Å². The van der Waals surface area contributed by atoms with Crippen LogP contribution in [-0.4, -0.2) is 34.6 Å². The molecule has 4 heteroatoms. The Hall–Kier alpha value is -1.00. The highest BCUT2D eigenvalue weighted by atomic mass is 19.1. The Morgan fingerprint density at radius 3 is 2.45 bits per heavy atom. The number of nitrogens with zero attached hydrogens (tertiary/aromatic N) is 2. The fourth-order valence-corrected chi connectivity index (χ4v) is 2.80. The quantitative estimate of drug-likeness (QED) is 0.921. The van der Waals surface area contributed by atoms with Gasteiger partial charge in [-0.25, -0.2) is 4.39 Å². The molecule has 2 heterocycles. The molecule has 1 aliphatic rings. The van der Waals surface area contributed by atoms with E-state index >= 15 is 0 Å². The van der Waals surface area contributed by atoms with Crippen molar-refractivity contribution in [1.29, 1.82) is 0 Å². The summed E-state index contributed by atoms with van der Waals surface area (Å²) in [5.74, 6) is -0.278. The first kappa shape index (κ1) is 15.4. The van der Waals surface area contributed by atoms with Crippen LogP contribution in [0.25, 0.3) is 0 Å². The minimum Gasteiger partial charge on any atom is -0.306 e. The number of nitrogens with one attached hydrogen (secondary N) is 1. The molecule has 1 N–H and O–H groups in total. The highest BCUT2D eigenvalue weighted by Gasteiger charge is 2.27. The average molecular weight is 279 g/mol. The van der Waals surface area contributed by atoms with Gasteiger partial charge in [-0.2, -0.15) is 0 Å².